The van der Waals surface area contributed by atoms with Gasteiger partial charge in [-0.3, -0.25) is 0 Å². The highest BCUT2D eigenvalue weighted by Crippen LogP contribution is 2.28. The van der Waals surface area contributed by atoms with Crippen molar-refractivity contribution in [1.29, 1.82) is 0 Å². The van der Waals surface area contributed by atoms with Crippen molar-refractivity contribution in [3.05, 3.63) is 83.7 Å². The van der Waals surface area contributed by atoms with Crippen LogP contribution in [0.4, 0.5) is 21.5 Å². The van der Waals surface area contributed by atoms with Crippen molar-refractivity contribution in [2.45, 2.75) is 102 Å². The third-order valence-corrected chi connectivity index (χ3v) is 5.91. The van der Waals surface area contributed by atoms with Gasteiger partial charge in [0.05, 0.1) is 11.4 Å². The van der Waals surface area contributed by atoms with E-state index in [1.54, 1.807) is 12.1 Å². The maximum absolute atomic E-state index is 12.8. The Balaban J connectivity index is -0.000000504. The molecule has 0 bridgehead atoms. The highest BCUT2D eigenvalue weighted by molar-refractivity contribution is 5.71. The molecule has 3 aromatic rings. The van der Waals surface area contributed by atoms with Crippen LogP contribution in [0.1, 0.15) is 101 Å². The van der Waals surface area contributed by atoms with E-state index in [-0.39, 0.29) is 5.82 Å². The third kappa shape index (κ3) is 19.0. The van der Waals surface area contributed by atoms with E-state index in [1.165, 1.54) is 35.7 Å². The van der Waals surface area contributed by atoms with E-state index in [4.69, 9.17) is 4.74 Å². The van der Waals surface area contributed by atoms with E-state index in [0.29, 0.717) is 0 Å². The first-order chi connectivity index (χ1) is 22.2. The summed E-state index contributed by atoms with van der Waals surface area (Å²) in [6.07, 6.45) is 2.51. The summed E-state index contributed by atoms with van der Waals surface area (Å²) in [5, 5.41) is 9.85. The van der Waals surface area contributed by atoms with Gasteiger partial charge in [-0.1, -0.05) is 119 Å². The zero-order valence-corrected chi connectivity index (χ0v) is 31.2. The van der Waals surface area contributed by atoms with Crippen LogP contribution in [-0.2, 0) is 13.0 Å². The van der Waals surface area contributed by atoms with Crippen LogP contribution in [0.25, 0.3) is 0 Å². The molecule has 0 aromatic heterocycles. The molecule has 3 aliphatic heterocycles. The van der Waals surface area contributed by atoms with Crippen LogP contribution >= 0.6 is 0 Å². The van der Waals surface area contributed by atoms with Gasteiger partial charge in [-0.2, -0.15) is 0 Å². The monoisotopic (exact) mass is 629 g/mol. The second kappa shape index (κ2) is 33.6. The molecule has 0 unspecified atom stereocenters. The van der Waals surface area contributed by atoms with Crippen LogP contribution in [-0.4, -0.2) is 39.8 Å². The second-order valence-corrected chi connectivity index (χ2v) is 8.33. The average Bonchev–Trinajstić information content (AvgIpc) is 3.40. The average molecular weight is 629 g/mol. The molecule has 0 amide bonds. The fraction of sp³-hybridized carbons (Fsp3) is 0.538. The number of fused-ring (bicyclic) bond motifs is 3. The van der Waals surface area contributed by atoms with Crippen molar-refractivity contribution >= 4 is 17.1 Å². The number of anilines is 3. The van der Waals surface area contributed by atoms with Crippen LogP contribution in [0.15, 0.2) is 66.7 Å². The quantitative estimate of drug-likeness (QED) is 0.231. The number of benzene rings is 3. The molecule has 3 aliphatic rings. The Hall–Kier alpha value is -3.25. The molecule has 0 radical (unpaired) electrons. The van der Waals surface area contributed by atoms with E-state index in [2.05, 4.69) is 51.2 Å². The summed E-state index contributed by atoms with van der Waals surface area (Å²) in [6, 6.07) is 21.5. The molecule has 0 spiro atoms. The van der Waals surface area contributed by atoms with Gasteiger partial charge < -0.3 is 25.6 Å². The normalized spacial score (nSPS) is 12.4. The minimum absolute atomic E-state index is 0.177. The molecule has 258 valence electrons. The van der Waals surface area contributed by atoms with Gasteiger partial charge in [0.25, 0.3) is 0 Å². The first kappa shape index (κ1) is 46.2. The molecule has 3 heterocycles. The minimum atomic E-state index is -0.177. The second-order valence-electron chi connectivity index (χ2n) is 8.33. The Morgan fingerprint density at radius 1 is 0.644 bits per heavy atom. The van der Waals surface area contributed by atoms with E-state index >= 15 is 0 Å². The number of ether oxygens (including phenoxy) is 1. The van der Waals surface area contributed by atoms with Crippen LogP contribution in [0.2, 0.25) is 0 Å². The standard InChI is InChI=1S/C9H11FN2.C9H11NO.C9H11N.6C2H6/c1-12-5-4-11-8-3-2-7(10)6-9(8)12;1-2-4-9-8(3-1)7-10-5-6-11-9;1-2-6-9-8(4-1)5-3-7-10-9;6*1-2/h2-3,6,11H,4-5H2,1H3;1-4,10H,5-7H2;1-2,4,6,10H,3,5,7H2;6*1-2H3. The Labute approximate surface area is 278 Å². The fourth-order valence-electron chi connectivity index (χ4n) is 4.11. The van der Waals surface area contributed by atoms with Gasteiger partial charge in [0, 0.05) is 51.0 Å². The van der Waals surface area contributed by atoms with Gasteiger partial charge in [0.2, 0.25) is 0 Å². The number of hydrogen-bond acceptors (Lipinski definition) is 5. The Kier molecular flexibility index (Phi) is 34.5. The largest absolute Gasteiger partial charge is 0.492 e. The van der Waals surface area contributed by atoms with Crippen molar-refractivity contribution in [1.82, 2.24) is 5.32 Å². The number of para-hydroxylation sites is 2. The molecule has 0 atom stereocenters. The lowest BCUT2D eigenvalue weighted by Gasteiger charge is -2.28. The Morgan fingerprint density at radius 3 is 1.87 bits per heavy atom. The number of aryl methyl sites for hydroxylation is 1. The minimum Gasteiger partial charge on any atom is -0.492 e. The summed E-state index contributed by atoms with van der Waals surface area (Å²) in [7, 11) is 1.97. The van der Waals surface area contributed by atoms with Crippen molar-refractivity contribution in [3.8, 4) is 5.75 Å². The van der Waals surface area contributed by atoms with E-state index in [9.17, 15) is 4.39 Å². The van der Waals surface area contributed by atoms with Gasteiger partial charge in [0.1, 0.15) is 18.2 Å². The zero-order chi connectivity index (χ0) is 34.9. The molecule has 0 saturated carbocycles. The number of hydrogen-bond donors (Lipinski definition) is 3. The molecule has 45 heavy (non-hydrogen) atoms. The summed E-state index contributed by atoms with van der Waals surface area (Å²) < 4.78 is 18.3. The predicted molar refractivity (Wildman–Crippen MR) is 203 cm³/mol. The summed E-state index contributed by atoms with van der Waals surface area (Å²) in [5.74, 6) is 0.849. The SMILES string of the molecule is CC.CC.CC.CC.CC.CC.CN1CCNc2ccc(F)cc21.c1ccc2c(c1)CCCN2.c1ccc2c(c1)CNCCO2. The lowest BCUT2D eigenvalue weighted by Crippen LogP contribution is -2.30. The summed E-state index contributed by atoms with van der Waals surface area (Å²) >= 11 is 0. The number of nitrogens with zero attached hydrogens (tertiary/aromatic N) is 1. The van der Waals surface area contributed by atoms with Crippen LogP contribution in [0.3, 0.4) is 0 Å². The highest BCUT2D eigenvalue weighted by Gasteiger charge is 2.12. The first-order valence-electron chi connectivity index (χ1n) is 17.7. The maximum Gasteiger partial charge on any atom is 0.125 e. The third-order valence-electron chi connectivity index (χ3n) is 5.91. The van der Waals surface area contributed by atoms with Crippen LogP contribution in [0, 0.1) is 5.82 Å². The van der Waals surface area contributed by atoms with Crippen LogP contribution in [0.5, 0.6) is 5.75 Å². The number of likely N-dealkylation sites (N-methyl/N-ethyl adjacent to an activating group) is 1. The van der Waals surface area contributed by atoms with E-state index < -0.39 is 0 Å². The molecule has 3 N–H and O–H groups in total. The highest BCUT2D eigenvalue weighted by atomic mass is 19.1. The van der Waals surface area contributed by atoms with Gasteiger partial charge in [-0.15, -0.1) is 0 Å². The van der Waals surface area contributed by atoms with Gasteiger partial charge in [-0.05, 0) is 48.7 Å². The molecule has 3 aromatic carbocycles. The Bertz CT molecular complexity index is 995. The molecule has 5 nitrogen and oxygen atoms in total. The number of halogens is 1. The zero-order valence-electron chi connectivity index (χ0n) is 31.2. The topological polar surface area (TPSA) is 48.6 Å². The van der Waals surface area contributed by atoms with E-state index in [1.807, 2.05) is 108 Å². The molecule has 6 rings (SSSR count). The fourth-order valence-corrected chi connectivity index (χ4v) is 4.11. The first-order valence-corrected chi connectivity index (χ1v) is 17.7. The smallest absolute Gasteiger partial charge is 0.125 e. The summed E-state index contributed by atoms with van der Waals surface area (Å²) in [6.45, 7) is 29.6. The molecule has 0 aliphatic carbocycles. The predicted octanol–water partition coefficient (Wildman–Crippen LogP) is 11.1. The van der Waals surface area contributed by atoms with Gasteiger partial charge in [0.15, 0.2) is 0 Å². The summed E-state index contributed by atoms with van der Waals surface area (Å²) in [5.41, 5.74) is 6.01. The van der Waals surface area contributed by atoms with Gasteiger partial charge >= 0.3 is 0 Å². The number of nitrogens with one attached hydrogen (secondary N) is 3. The summed E-state index contributed by atoms with van der Waals surface area (Å²) in [4.78, 5) is 2.05. The maximum atomic E-state index is 12.8. The van der Waals surface area contributed by atoms with E-state index in [0.717, 1.165) is 56.5 Å². The van der Waals surface area contributed by atoms with Gasteiger partial charge in [-0.25, -0.2) is 4.39 Å². The molecule has 0 fully saturated rings. The molecule has 0 saturated heterocycles. The molecule has 6 heteroatoms. The lowest BCUT2D eigenvalue weighted by atomic mass is 10.0. The number of rotatable bonds is 0. The van der Waals surface area contributed by atoms with Crippen molar-refractivity contribution in [2.24, 2.45) is 0 Å². The Morgan fingerprint density at radius 2 is 1.22 bits per heavy atom. The van der Waals surface area contributed by atoms with Crippen molar-refractivity contribution < 1.29 is 9.13 Å². The lowest BCUT2D eigenvalue weighted by molar-refractivity contribution is 0.326. The van der Waals surface area contributed by atoms with Crippen LogP contribution < -0.4 is 25.6 Å². The van der Waals surface area contributed by atoms with Crippen molar-refractivity contribution in [3.63, 3.8) is 0 Å². The molecular weight excluding hydrogens is 559 g/mol. The molecular formula is C39H69FN4O. The van der Waals surface area contributed by atoms with Crippen molar-refractivity contribution in [2.75, 3.05) is 55.4 Å².